The van der Waals surface area contributed by atoms with Crippen LogP contribution in [-0.2, 0) is 17.2 Å². The van der Waals surface area contributed by atoms with Crippen LogP contribution < -0.4 is 0 Å². The summed E-state index contributed by atoms with van der Waals surface area (Å²) < 4.78 is 7.90. The smallest absolute Gasteiger partial charge is 0.124 e. The SMILES string of the molecule is Cc1ccc2nc(CCl)n(CCOCC3CC3)c2c1. The number of ether oxygens (including phenoxy) is 1. The zero-order chi connectivity index (χ0) is 13.2. The van der Waals surface area contributed by atoms with Crippen molar-refractivity contribution >= 4 is 22.6 Å². The molecule has 1 saturated carbocycles. The fourth-order valence-corrected chi connectivity index (χ4v) is 2.53. The van der Waals surface area contributed by atoms with Crippen molar-refractivity contribution < 1.29 is 4.74 Å². The number of halogens is 1. The highest BCUT2D eigenvalue weighted by Crippen LogP contribution is 2.28. The minimum Gasteiger partial charge on any atom is -0.379 e. The van der Waals surface area contributed by atoms with Crippen LogP contribution in [0.15, 0.2) is 18.2 Å². The quantitative estimate of drug-likeness (QED) is 0.597. The van der Waals surface area contributed by atoms with Crippen LogP contribution >= 0.6 is 11.6 Å². The summed E-state index contributed by atoms with van der Waals surface area (Å²) in [6.07, 6.45) is 2.67. The van der Waals surface area contributed by atoms with Crippen LogP contribution in [0.3, 0.4) is 0 Å². The Balaban J connectivity index is 1.76. The Hall–Kier alpha value is -1.06. The number of rotatable bonds is 6. The number of hydrogen-bond acceptors (Lipinski definition) is 2. The van der Waals surface area contributed by atoms with Crippen molar-refractivity contribution in [2.75, 3.05) is 13.2 Å². The topological polar surface area (TPSA) is 27.1 Å². The molecule has 3 nitrogen and oxygen atoms in total. The van der Waals surface area contributed by atoms with Crippen LogP contribution in [0.1, 0.15) is 24.2 Å². The predicted octanol–water partition coefficient (Wildman–Crippen LogP) is 3.51. The summed E-state index contributed by atoms with van der Waals surface area (Å²) in [6.45, 7) is 4.57. The van der Waals surface area contributed by atoms with Gasteiger partial charge in [-0.1, -0.05) is 6.07 Å². The minimum atomic E-state index is 0.441. The van der Waals surface area contributed by atoms with Crippen LogP contribution in [0.4, 0.5) is 0 Å². The molecule has 0 aliphatic heterocycles. The summed E-state index contributed by atoms with van der Waals surface area (Å²) in [5.74, 6) is 2.18. The maximum atomic E-state index is 5.99. The summed E-state index contributed by atoms with van der Waals surface area (Å²) >= 11 is 5.99. The number of aryl methyl sites for hydroxylation is 1. The third kappa shape index (κ3) is 2.93. The Kier molecular flexibility index (Phi) is 3.76. The van der Waals surface area contributed by atoms with Crippen molar-refractivity contribution in [1.29, 1.82) is 0 Å². The van der Waals surface area contributed by atoms with Crippen LogP contribution in [0, 0.1) is 12.8 Å². The maximum absolute atomic E-state index is 5.99. The molecule has 102 valence electrons. The van der Waals surface area contributed by atoms with Crippen molar-refractivity contribution in [3.05, 3.63) is 29.6 Å². The van der Waals surface area contributed by atoms with E-state index in [4.69, 9.17) is 16.3 Å². The van der Waals surface area contributed by atoms with Gasteiger partial charge in [0, 0.05) is 13.2 Å². The number of nitrogens with zero attached hydrogens (tertiary/aromatic N) is 2. The normalized spacial score (nSPS) is 15.3. The average molecular weight is 279 g/mol. The van der Waals surface area contributed by atoms with E-state index in [2.05, 4.69) is 34.7 Å². The molecule has 2 aromatic rings. The number of aromatic nitrogens is 2. The highest BCUT2D eigenvalue weighted by atomic mass is 35.5. The summed E-state index contributed by atoms with van der Waals surface area (Å²) in [7, 11) is 0. The lowest BCUT2D eigenvalue weighted by atomic mass is 10.2. The molecule has 0 saturated heterocycles. The van der Waals surface area contributed by atoms with Gasteiger partial charge in [-0.05, 0) is 43.4 Å². The molecule has 1 heterocycles. The predicted molar refractivity (Wildman–Crippen MR) is 77.6 cm³/mol. The monoisotopic (exact) mass is 278 g/mol. The van der Waals surface area contributed by atoms with Gasteiger partial charge in [-0.3, -0.25) is 0 Å². The number of alkyl halides is 1. The summed E-state index contributed by atoms with van der Waals surface area (Å²) in [5, 5.41) is 0. The molecule has 0 radical (unpaired) electrons. The van der Waals surface area contributed by atoms with Crippen molar-refractivity contribution in [2.45, 2.75) is 32.2 Å². The Morgan fingerprint density at radius 1 is 1.42 bits per heavy atom. The van der Waals surface area contributed by atoms with Gasteiger partial charge in [0.25, 0.3) is 0 Å². The van der Waals surface area contributed by atoms with Crippen LogP contribution in [0.25, 0.3) is 11.0 Å². The number of fused-ring (bicyclic) bond motifs is 1. The van der Waals surface area contributed by atoms with Gasteiger partial charge >= 0.3 is 0 Å². The van der Waals surface area contributed by atoms with Crippen LogP contribution in [0.5, 0.6) is 0 Å². The van der Waals surface area contributed by atoms with Gasteiger partial charge in [0.15, 0.2) is 0 Å². The third-order valence-electron chi connectivity index (χ3n) is 3.61. The van der Waals surface area contributed by atoms with Crippen LogP contribution in [-0.4, -0.2) is 22.8 Å². The standard InChI is InChI=1S/C15H19ClN2O/c1-11-2-5-13-14(8-11)18(15(9-16)17-13)6-7-19-10-12-3-4-12/h2,5,8,12H,3-4,6-7,9-10H2,1H3. The molecule has 0 spiro atoms. The van der Waals surface area contributed by atoms with E-state index in [9.17, 15) is 0 Å². The molecule has 19 heavy (non-hydrogen) atoms. The Labute approximate surface area is 118 Å². The largest absolute Gasteiger partial charge is 0.379 e. The number of benzene rings is 1. The molecule has 0 atom stereocenters. The van der Waals surface area contributed by atoms with Crippen molar-refractivity contribution in [2.24, 2.45) is 5.92 Å². The second-order valence-electron chi connectivity index (χ2n) is 5.32. The molecule has 4 heteroatoms. The zero-order valence-electron chi connectivity index (χ0n) is 11.2. The first kappa shape index (κ1) is 12.9. The summed E-state index contributed by atoms with van der Waals surface area (Å²) in [4.78, 5) is 4.57. The first-order chi connectivity index (χ1) is 9.28. The first-order valence-electron chi connectivity index (χ1n) is 6.87. The molecule has 1 aromatic carbocycles. The second kappa shape index (κ2) is 5.51. The van der Waals surface area contributed by atoms with Crippen LogP contribution in [0.2, 0.25) is 0 Å². The molecule has 0 unspecified atom stereocenters. The molecule has 1 aromatic heterocycles. The number of imidazole rings is 1. The Morgan fingerprint density at radius 2 is 2.26 bits per heavy atom. The number of hydrogen-bond donors (Lipinski definition) is 0. The molecule has 0 N–H and O–H groups in total. The molecular weight excluding hydrogens is 260 g/mol. The lowest BCUT2D eigenvalue weighted by Gasteiger charge is -2.08. The zero-order valence-corrected chi connectivity index (χ0v) is 12.0. The molecular formula is C15H19ClN2O. The molecule has 3 rings (SSSR count). The Morgan fingerprint density at radius 3 is 3.00 bits per heavy atom. The Bertz CT molecular complexity index is 575. The average Bonchev–Trinajstić information content (AvgIpc) is 3.17. The summed E-state index contributed by atoms with van der Waals surface area (Å²) in [5.41, 5.74) is 3.42. The van der Waals surface area contributed by atoms with E-state index in [0.29, 0.717) is 5.88 Å². The van der Waals surface area contributed by atoms with Gasteiger partial charge in [0.1, 0.15) is 5.82 Å². The second-order valence-corrected chi connectivity index (χ2v) is 5.59. The molecule has 0 bridgehead atoms. The van der Waals surface area contributed by atoms with Gasteiger partial charge in [-0.2, -0.15) is 0 Å². The fourth-order valence-electron chi connectivity index (χ4n) is 2.32. The van der Waals surface area contributed by atoms with E-state index in [0.717, 1.165) is 42.5 Å². The summed E-state index contributed by atoms with van der Waals surface area (Å²) in [6, 6.07) is 6.31. The lowest BCUT2D eigenvalue weighted by molar-refractivity contribution is 0.117. The highest BCUT2D eigenvalue weighted by Gasteiger charge is 2.21. The van der Waals surface area contributed by atoms with Gasteiger partial charge in [-0.15, -0.1) is 11.6 Å². The van der Waals surface area contributed by atoms with E-state index >= 15 is 0 Å². The minimum absolute atomic E-state index is 0.441. The van der Waals surface area contributed by atoms with Gasteiger partial charge in [-0.25, -0.2) is 4.98 Å². The van der Waals surface area contributed by atoms with E-state index in [1.807, 2.05) is 0 Å². The fraction of sp³-hybridized carbons (Fsp3) is 0.533. The lowest BCUT2D eigenvalue weighted by Crippen LogP contribution is -2.10. The molecule has 0 amide bonds. The van der Waals surface area contributed by atoms with Gasteiger partial charge in [0.05, 0.1) is 23.5 Å². The van der Waals surface area contributed by atoms with E-state index in [1.54, 1.807) is 0 Å². The van der Waals surface area contributed by atoms with E-state index in [1.165, 1.54) is 18.4 Å². The van der Waals surface area contributed by atoms with Crippen molar-refractivity contribution in [1.82, 2.24) is 9.55 Å². The van der Waals surface area contributed by atoms with Gasteiger partial charge < -0.3 is 9.30 Å². The maximum Gasteiger partial charge on any atom is 0.124 e. The molecule has 1 fully saturated rings. The highest BCUT2D eigenvalue weighted by molar-refractivity contribution is 6.16. The van der Waals surface area contributed by atoms with Crippen molar-refractivity contribution in [3.63, 3.8) is 0 Å². The van der Waals surface area contributed by atoms with Crippen molar-refractivity contribution in [3.8, 4) is 0 Å². The van der Waals surface area contributed by atoms with E-state index in [-0.39, 0.29) is 0 Å². The first-order valence-corrected chi connectivity index (χ1v) is 7.41. The van der Waals surface area contributed by atoms with E-state index < -0.39 is 0 Å². The van der Waals surface area contributed by atoms with Gasteiger partial charge in [0.2, 0.25) is 0 Å². The molecule has 1 aliphatic rings. The molecule has 1 aliphatic carbocycles. The third-order valence-corrected chi connectivity index (χ3v) is 3.85.